The maximum atomic E-state index is 5.27. The van der Waals surface area contributed by atoms with E-state index in [9.17, 15) is 0 Å². The van der Waals surface area contributed by atoms with Gasteiger partial charge in [0.25, 0.3) is 0 Å². The highest BCUT2D eigenvalue weighted by atomic mass is 14.9. The fourth-order valence-electron chi connectivity index (χ4n) is 6.94. The van der Waals surface area contributed by atoms with E-state index in [1.807, 2.05) is 24.4 Å². The zero-order chi connectivity index (χ0) is 31.7. The van der Waals surface area contributed by atoms with Gasteiger partial charge in [-0.05, 0) is 100 Å². The topological polar surface area (TPSA) is 38.7 Å². The molecular formula is C44H33N3. The van der Waals surface area contributed by atoms with Crippen LogP contribution in [0.5, 0.6) is 0 Å². The van der Waals surface area contributed by atoms with Crippen LogP contribution in [0.3, 0.4) is 0 Å². The number of nitrogens with zero attached hydrogens (tertiary/aromatic N) is 3. The summed E-state index contributed by atoms with van der Waals surface area (Å²) < 4.78 is 0. The molecule has 2 heterocycles. The Morgan fingerprint density at radius 1 is 0.660 bits per heavy atom. The molecule has 0 saturated carbocycles. The first-order valence-electron chi connectivity index (χ1n) is 16.1. The van der Waals surface area contributed by atoms with Crippen LogP contribution in [-0.2, 0) is 0 Å². The van der Waals surface area contributed by atoms with Gasteiger partial charge in [-0.3, -0.25) is 4.98 Å². The van der Waals surface area contributed by atoms with Crippen molar-refractivity contribution in [2.45, 2.75) is 19.8 Å². The van der Waals surface area contributed by atoms with Crippen LogP contribution in [0.25, 0.3) is 73.4 Å². The summed E-state index contributed by atoms with van der Waals surface area (Å²) in [6.07, 6.45) is 14.6. The number of pyridine rings is 1. The van der Waals surface area contributed by atoms with E-state index in [2.05, 4.69) is 134 Å². The van der Waals surface area contributed by atoms with Gasteiger partial charge in [0.1, 0.15) is 0 Å². The molecule has 0 spiro atoms. The van der Waals surface area contributed by atoms with Crippen molar-refractivity contribution in [3.05, 3.63) is 169 Å². The normalized spacial score (nSPS) is 14.3. The van der Waals surface area contributed by atoms with Crippen molar-refractivity contribution in [1.82, 2.24) is 15.0 Å². The third kappa shape index (κ3) is 5.16. The minimum absolute atomic E-state index is 0.683. The summed E-state index contributed by atoms with van der Waals surface area (Å²) in [5.41, 5.74) is 16.9. The van der Waals surface area contributed by atoms with Gasteiger partial charge in [-0.2, -0.15) is 0 Å². The molecule has 0 fully saturated rings. The van der Waals surface area contributed by atoms with Crippen LogP contribution in [0.1, 0.15) is 36.5 Å². The highest BCUT2D eigenvalue weighted by molar-refractivity contribution is 6.06. The Hall–Kier alpha value is -5.93. The van der Waals surface area contributed by atoms with E-state index >= 15 is 0 Å². The van der Waals surface area contributed by atoms with Gasteiger partial charge in [0.05, 0.1) is 11.4 Å². The van der Waals surface area contributed by atoms with E-state index in [-0.39, 0.29) is 0 Å². The maximum absolute atomic E-state index is 5.27. The molecule has 0 unspecified atom stereocenters. The Balaban J connectivity index is 1.33. The quantitative estimate of drug-likeness (QED) is 0.190. The lowest BCUT2D eigenvalue weighted by molar-refractivity contribution is 1.05. The molecule has 0 aliphatic heterocycles. The molecule has 3 nitrogen and oxygen atoms in total. The maximum Gasteiger partial charge on any atom is 0.161 e. The highest BCUT2D eigenvalue weighted by Crippen LogP contribution is 2.49. The number of rotatable bonds is 6. The zero-order valence-corrected chi connectivity index (χ0v) is 26.3. The van der Waals surface area contributed by atoms with Gasteiger partial charge >= 0.3 is 0 Å². The van der Waals surface area contributed by atoms with Crippen molar-refractivity contribution in [3.63, 3.8) is 0 Å². The Morgan fingerprint density at radius 3 is 2.00 bits per heavy atom. The van der Waals surface area contributed by atoms with Crippen molar-refractivity contribution in [3.8, 4) is 56.2 Å². The van der Waals surface area contributed by atoms with Gasteiger partial charge < -0.3 is 0 Å². The summed E-state index contributed by atoms with van der Waals surface area (Å²) in [5.74, 6) is 0.683. The van der Waals surface area contributed by atoms with Crippen LogP contribution in [0, 0.1) is 0 Å². The second-order valence-corrected chi connectivity index (χ2v) is 11.9. The average molecular weight is 604 g/mol. The van der Waals surface area contributed by atoms with Crippen molar-refractivity contribution in [2.75, 3.05) is 0 Å². The van der Waals surface area contributed by atoms with E-state index in [0.29, 0.717) is 5.82 Å². The van der Waals surface area contributed by atoms with Crippen molar-refractivity contribution < 1.29 is 0 Å². The summed E-state index contributed by atoms with van der Waals surface area (Å²) in [7, 11) is 0. The third-order valence-electron chi connectivity index (χ3n) is 9.18. The summed E-state index contributed by atoms with van der Waals surface area (Å²) >= 11 is 0. The van der Waals surface area contributed by atoms with E-state index < -0.39 is 0 Å². The second kappa shape index (κ2) is 12.1. The molecule has 0 bridgehead atoms. The molecule has 8 rings (SSSR count). The molecule has 0 N–H and O–H groups in total. The molecule has 47 heavy (non-hydrogen) atoms. The van der Waals surface area contributed by atoms with Gasteiger partial charge in [0, 0.05) is 34.6 Å². The molecule has 3 heteroatoms. The van der Waals surface area contributed by atoms with E-state index in [4.69, 9.17) is 9.97 Å². The molecule has 2 aliphatic carbocycles. The highest BCUT2D eigenvalue weighted by Gasteiger charge is 2.29. The number of benzene rings is 4. The largest absolute Gasteiger partial charge is 0.264 e. The standard InChI is InChI=1S/C44H33N3/c1-3-35-37-20-8-9-21-38(37)39-22-23-40(36(4-2)43(35)39)44-46-41(32-17-10-15-30(25-32)29-13-6-5-7-14-29)27-42(47-44)33-18-11-16-31(26-33)34-19-12-24-45-28-34/h3-8,10-20,22-28H,2,9,21H2,1H3/b35-3-. The number of aromatic nitrogens is 3. The molecule has 6 aromatic rings. The summed E-state index contributed by atoms with van der Waals surface area (Å²) in [6, 6.07) is 38.2. The van der Waals surface area contributed by atoms with Gasteiger partial charge in [-0.25, -0.2) is 9.97 Å². The molecule has 0 amide bonds. The molecular weight excluding hydrogens is 571 g/mol. The minimum atomic E-state index is 0.683. The number of hydrogen-bond acceptors (Lipinski definition) is 3. The summed E-state index contributed by atoms with van der Waals surface area (Å²) in [4.78, 5) is 14.9. The predicted molar refractivity (Wildman–Crippen MR) is 196 cm³/mol. The SMILES string of the molecule is C=Cc1c(-c2nc(-c3cccc(-c4ccccc4)c3)cc(-c3cccc(-c4cccnc4)c3)n2)ccc2c1/C(=C\C)C1=C2CCC=C1. The van der Waals surface area contributed by atoms with Crippen molar-refractivity contribution >= 4 is 17.2 Å². The Labute approximate surface area is 276 Å². The second-order valence-electron chi connectivity index (χ2n) is 11.9. The Bertz CT molecular complexity index is 2150. The van der Waals surface area contributed by atoms with E-state index in [1.54, 1.807) is 6.20 Å². The smallest absolute Gasteiger partial charge is 0.161 e. The lowest BCUT2D eigenvalue weighted by Gasteiger charge is -2.16. The molecule has 2 aliphatic rings. The third-order valence-corrected chi connectivity index (χ3v) is 9.18. The summed E-state index contributed by atoms with van der Waals surface area (Å²) in [6.45, 7) is 6.43. The van der Waals surface area contributed by atoms with E-state index in [0.717, 1.165) is 63.2 Å². The zero-order valence-electron chi connectivity index (χ0n) is 26.3. The lowest BCUT2D eigenvalue weighted by Crippen LogP contribution is -2.00. The number of allylic oxidation sites excluding steroid dienone is 6. The molecule has 0 atom stereocenters. The molecule has 0 radical (unpaired) electrons. The first-order valence-corrected chi connectivity index (χ1v) is 16.1. The van der Waals surface area contributed by atoms with Crippen LogP contribution < -0.4 is 0 Å². The monoisotopic (exact) mass is 603 g/mol. The van der Waals surface area contributed by atoms with Crippen molar-refractivity contribution in [2.24, 2.45) is 0 Å². The number of fused-ring (bicyclic) bond motifs is 2. The minimum Gasteiger partial charge on any atom is -0.264 e. The first-order chi connectivity index (χ1) is 23.2. The Kier molecular flexibility index (Phi) is 7.35. The van der Waals surface area contributed by atoms with E-state index in [1.165, 1.54) is 33.4 Å². The predicted octanol–water partition coefficient (Wildman–Crippen LogP) is 11.4. The average Bonchev–Trinajstić information content (AvgIpc) is 3.49. The summed E-state index contributed by atoms with van der Waals surface area (Å²) in [5, 5.41) is 0. The first kappa shape index (κ1) is 28.5. The van der Waals surface area contributed by atoms with Gasteiger partial charge in [-0.1, -0.05) is 110 Å². The molecule has 2 aromatic heterocycles. The van der Waals surface area contributed by atoms with Crippen molar-refractivity contribution in [1.29, 1.82) is 0 Å². The van der Waals surface area contributed by atoms with Gasteiger partial charge in [0.2, 0.25) is 0 Å². The molecule has 224 valence electrons. The van der Waals surface area contributed by atoms with Gasteiger partial charge in [0.15, 0.2) is 5.82 Å². The van der Waals surface area contributed by atoms with Gasteiger partial charge in [-0.15, -0.1) is 0 Å². The van der Waals surface area contributed by atoms with Crippen LogP contribution in [0.15, 0.2) is 152 Å². The Morgan fingerprint density at radius 2 is 1.32 bits per heavy atom. The van der Waals surface area contributed by atoms with Crippen LogP contribution in [0.4, 0.5) is 0 Å². The fourth-order valence-corrected chi connectivity index (χ4v) is 6.94. The van der Waals surface area contributed by atoms with Crippen LogP contribution >= 0.6 is 0 Å². The van der Waals surface area contributed by atoms with Crippen LogP contribution in [-0.4, -0.2) is 15.0 Å². The number of hydrogen-bond donors (Lipinski definition) is 0. The lowest BCUT2D eigenvalue weighted by atomic mass is 9.91. The molecule has 0 saturated heterocycles. The van der Waals surface area contributed by atoms with Crippen LogP contribution in [0.2, 0.25) is 0 Å². The fraction of sp³-hybridized carbons (Fsp3) is 0.0682. The molecule has 4 aromatic carbocycles.